The molecule has 2 aliphatic rings. The van der Waals surface area contributed by atoms with Crippen molar-refractivity contribution in [1.82, 2.24) is 4.31 Å². The third-order valence-electron chi connectivity index (χ3n) is 3.83. The highest BCUT2D eigenvalue weighted by Crippen LogP contribution is 2.51. The van der Waals surface area contributed by atoms with E-state index in [0.29, 0.717) is 29.4 Å². The number of rotatable bonds is 2. The molecule has 3 rings (SSSR count). The first kappa shape index (κ1) is 14.2. The summed E-state index contributed by atoms with van der Waals surface area (Å²) in [5.41, 5.74) is 0.828. The van der Waals surface area contributed by atoms with E-state index in [9.17, 15) is 13.2 Å². The fourth-order valence-corrected chi connectivity index (χ4v) is 4.67. The van der Waals surface area contributed by atoms with Crippen molar-refractivity contribution < 1.29 is 13.2 Å². The first-order valence-electron chi connectivity index (χ1n) is 6.40. The summed E-state index contributed by atoms with van der Waals surface area (Å²) < 4.78 is 24.5. The molecular weight excluding hydrogens is 321 g/mol. The Balaban J connectivity index is 1.79. The van der Waals surface area contributed by atoms with Crippen molar-refractivity contribution >= 4 is 39.1 Å². The van der Waals surface area contributed by atoms with Crippen molar-refractivity contribution in [3.8, 4) is 0 Å². The Morgan fingerprint density at radius 3 is 2.70 bits per heavy atom. The molecule has 2 fully saturated rings. The fourth-order valence-electron chi connectivity index (χ4n) is 2.69. The van der Waals surface area contributed by atoms with E-state index in [1.165, 1.54) is 0 Å². The predicted octanol–water partition coefficient (Wildman–Crippen LogP) is 2.66. The average molecular weight is 334 g/mol. The number of hydrogen-bond donors (Lipinski definition) is 0. The molecule has 20 heavy (non-hydrogen) atoms. The molecule has 0 aromatic heterocycles. The van der Waals surface area contributed by atoms with Crippen molar-refractivity contribution in [1.29, 1.82) is 0 Å². The lowest BCUT2D eigenvalue weighted by molar-refractivity contribution is -0.127. The lowest BCUT2D eigenvalue weighted by atomic mass is 10.1. The molecule has 108 valence electrons. The minimum Gasteiger partial charge on any atom is -0.273 e. The molecule has 1 aromatic rings. The van der Waals surface area contributed by atoms with E-state index >= 15 is 0 Å². The fraction of sp³-hybridized carbons (Fsp3) is 0.462. The summed E-state index contributed by atoms with van der Waals surface area (Å²) in [4.78, 5) is 12.3. The van der Waals surface area contributed by atoms with Crippen LogP contribution in [0.1, 0.15) is 24.3 Å². The van der Waals surface area contributed by atoms with Crippen LogP contribution >= 0.6 is 23.2 Å². The van der Waals surface area contributed by atoms with Crippen LogP contribution in [0.5, 0.6) is 0 Å². The molecule has 1 saturated carbocycles. The molecule has 1 aliphatic carbocycles. The zero-order valence-electron chi connectivity index (χ0n) is 10.6. The summed E-state index contributed by atoms with van der Waals surface area (Å²) in [6, 6.07) is 5.32. The number of hydrogen-bond acceptors (Lipinski definition) is 3. The van der Waals surface area contributed by atoms with Crippen LogP contribution in [0.25, 0.3) is 0 Å². The number of benzene rings is 1. The largest absolute Gasteiger partial charge is 0.273 e. The zero-order chi connectivity index (χ0) is 14.5. The van der Waals surface area contributed by atoms with E-state index in [1.807, 2.05) is 6.07 Å². The Labute approximate surface area is 127 Å². The van der Waals surface area contributed by atoms with E-state index < -0.39 is 10.0 Å². The lowest BCUT2D eigenvalue weighted by Crippen LogP contribution is -2.34. The summed E-state index contributed by atoms with van der Waals surface area (Å²) in [7, 11) is -3.39. The van der Waals surface area contributed by atoms with Gasteiger partial charge in [-0.3, -0.25) is 4.79 Å². The normalized spacial score (nSPS) is 27.6. The molecule has 1 amide bonds. The highest BCUT2D eigenvalue weighted by molar-refractivity contribution is 7.89. The number of amides is 1. The van der Waals surface area contributed by atoms with Crippen LogP contribution in [0.3, 0.4) is 0 Å². The molecule has 0 N–H and O–H groups in total. The first-order chi connectivity index (χ1) is 9.42. The van der Waals surface area contributed by atoms with Crippen LogP contribution in [0.4, 0.5) is 0 Å². The molecule has 1 aliphatic heterocycles. The smallest absolute Gasteiger partial charge is 0.239 e. The third kappa shape index (κ3) is 2.32. The molecular formula is C13H13Cl2NO3S. The van der Waals surface area contributed by atoms with Crippen LogP contribution in [-0.2, 0) is 14.8 Å². The Morgan fingerprint density at radius 2 is 2.05 bits per heavy atom. The van der Waals surface area contributed by atoms with Crippen LogP contribution in [0.15, 0.2) is 18.2 Å². The first-order valence-corrected chi connectivity index (χ1v) is 8.76. The Kier molecular flexibility index (Phi) is 3.47. The number of sulfonamides is 1. The number of nitrogens with zero attached hydrogens (tertiary/aromatic N) is 1. The molecule has 1 heterocycles. The van der Waals surface area contributed by atoms with E-state index in [1.54, 1.807) is 12.1 Å². The average Bonchev–Trinajstić information content (AvgIpc) is 3.09. The van der Waals surface area contributed by atoms with Gasteiger partial charge in [-0.1, -0.05) is 35.3 Å². The van der Waals surface area contributed by atoms with Crippen LogP contribution < -0.4 is 0 Å². The summed E-state index contributed by atoms with van der Waals surface area (Å²) in [6.45, 7) is 0.299. The number of halogens is 2. The molecule has 4 nitrogen and oxygen atoms in total. The Morgan fingerprint density at radius 1 is 1.30 bits per heavy atom. The van der Waals surface area contributed by atoms with Gasteiger partial charge >= 0.3 is 0 Å². The maximum Gasteiger partial charge on any atom is 0.239 e. The second kappa shape index (κ2) is 4.90. The molecule has 0 radical (unpaired) electrons. The second-order valence-electron chi connectivity index (χ2n) is 5.17. The molecule has 1 aromatic carbocycles. The number of carbonyl (C=O) groups is 1. The zero-order valence-corrected chi connectivity index (χ0v) is 12.9. The summed E-state index contributed by atoms with van der Waals surface area (Å²) in [5.74, 6) is -0.555. The number of carbonyl (C=O) groups excluding carboxylic acids is 1. The van der Waals surface area contributed by atoms with Crippen molar-refractivity contribution in [3.63, 3.8) is 0 Å². The van der Waals surface area contributed by atoms with E-state index in [-0.39, 0.29) is 23.5 Å². The van der Waals surface area contributed by atoms with Gasteiger partial charge < -0.3 is 0 Å². The van der Waals surface area contributed by atoms with Gasteiger partial charge in [-0.15, -0.1) is 0 Å². The molecule has 0 bridgehead atoms. The quantitative estimate of drug-likeness (QED) is 0.836. The van der Waals surface area contributed by atoms with Crippen LogP contribution in [-0.4, -0.2) is 30.9 Å². The topological polar surface area (TPSA) is 54.5 Å². The highest BCUT2D eigenvalue weighted by atomic mass is 35.5. The van der Waals surface area contributed by atoms with Crippen LogP contribution in [0.2, 0.25) is 10.0 Å². The summed E-state index contributed by atoms with van der Waals surface area (Å²) in [6.07, 6.45) is 1.15. The maximum absolute atomic E-state index is 12.3. The van der Waals surface area contributed by atoms with E-state index in [2.05, 4.69) is 0 Å². The van der Waals surface area contributed by atoms with Gasteiger partial charge in [0.25, 0.3) is 0 Å². The molecule has 7 heteroatoms. The predicted molar refractivity (Wildman–Crippen MR) is 77.4 cm³/mol. The van der Waals surface area contributed by atoms with Crippen molar-refractivity contribution in [2.24, 2.45) is 5.92 Å². The minimum atomic E-state index is -3.39. The van der Waals surface area contributed by atoms with E-state index in [4.69, 9.17) is 23.2 Å². The highest BCUT2D eigenvalue weighted by Gasteiger charge is 2.49. The van der Waals surface area contributed by atoms with Gasteiger partial charge in [-0.05, 0) is 30.4 Å². The maximum atomic E-state index is 12.3. The Bertz CT molecular complexity index is 674. The van der Waals surface area contributed by atoms with Crippen molar-refractivity contribution in [2.45, 2.75) is 18.8 Å². The summed E-state index contributed by atoms with van der Waals surface area (Å²) in [5, 5.41) is 0.912. The van der Waals surface area contributed by atoms with Gasteiger partial charge in [-0.2, -0.15) is 0 Å². The van der Waals surface area contributed by atoms with Gasteiger partial charge in [0, 0.05) is 12.5 Å². The molecule has 2 atom stereocenters. The van der Waals surface area contributed by atoms with Crippen LogP contribution in [0, 0.1) is 5.92 Å². The van der Waals surface area contributed by atoms with Gasteiger partial charge in [0.1, 0.15) is 0 Å². The minimum absolute atomic E-state index is 0.0236. The standard InChI is InChI=1S/C13H13Cl2NO3S/c14-11-4-1-3-8(12(11)15)9-7-10(9)13(17)16-5-2-6-20(16,18)19/h1,3-4,9-10H,2,5-7H2. The molecule has 1 saturated heterocycles. The second-order valence-corrected chi connectivity index (χ2v) is 7.97. The van der Waals surface area contributed by atoms with Crippen molar-refractivity contribution in [2.75, 3.05) is 12.3 Å². The van der Waals surface area contributed by atoms with Crippen molar-refractivity contribution in [3.05, 3.63) is 33.8 Å². The lowest BCUT2D eigenvalue weighted by Gasteiger charge is -2.14. The van der Waals surface area contributed by atoms with Gasteiger partial charge in [-0.25, -0.2) is 12.7 Å². The van der Waals surface area contributed by atoms with Gasteiger partial charge in [0.15, 0.2) is 0 Å². The van der Waals surface area contributed by atoms with Gasteiger partial charge in [0.05, 0.1) is 15.8 Å². The Hall–Kier alpha value is -0.780. The SMILES string of the molecule is O=C(C1CC1c1cccc(Cl)c1Cl)N1CCCS1(=O)=O. The monoisotopic (exact) mass is 333 g/mol. The van der Waals surface area contributed by atoms with Gasteiger partial charge in [0.2, 0.25) is 15.9 Å². The molecule has 0 spiro atoms. The summed E-state index contributed by atoms with van der Waals surface area (Å²) >= 11 is 12.1. The van der Waals surface area contributed by atoms with E-state index in [0.717, 1.165) is 9.87 Å². The third-order valence-corrected chi connectivity index (χ3v) is 6.51. The molecule has 2 unspecified atom stereocenters.